The van der Waals surface area contributed by atoms with E-state index in [9.17, 15) is 19.4 Å². The summed E-state index contributed by atoms with van der Waals surface area (Å²) >= 11 is 0. The van der Waals surface area contributed by atoms with Gasteiger partial charge in [0.25, 0.3) is 0 Å². The molecule has 0 fully saturated rings. The van der Waals surface area contributed by atoms with Crippen LogP contribution in [0.5, 0.6) is 0 Å². The Labute approximate surface area is 559 Å². The molecule has 0 aliphatic rings. The van der Waals surface area contributed by atoms with E-state index in [4.69, 9.17) is 9.05 Å². The van der Waals surface area contributed by atoms with E-state index in [1.165, 1.54) is 392 Å². The van der Waals surface area contributed by atoms with Gasteiger partial charge in [-0.15, -0.1) is 0 Å². The van der Waals surface area contributed by atoms with E-state index in [0.29, 0.717) is 23.9 Å². The molecule has 534 valence electrons. The van der Waals surface area contributed by atoms with Crippen LogP contribution in [0.15, 0.2) is 0 Å². The van der Waals surface area contributed by atoms with Crippen molar-refractivity contribution in [2.75, 3.05) is 40.9 Å². The predicted molar refractivity (Wildman–Crippen MR) is 392 cm³/mol. The van der Waals surface area contributed by atoms with Crippen molar-refractivity contribution >= 4 is 13.7 Å². The summed E-state index contributed by atoms with van der Waals surface area (Å²) in [5.74, 6) is -0.131. The van der Waals surface area contributed by atoms with Crippen molar-refractivity contribution in [2.24, 2.45) is 0 Å². The molecule has 0 bridgehead atoms. The second kappa shape index (κ2) is 71.8. The van der Waals surface area contributed by atoms with Gasteiger partial charge in [0.15, 0.2) is 0 Å². The van der Waals surface area contributed by atoms with Gasteiger partial charge in [-0.25, -0.2) is 4.57 Å². The largest absolute Gasteiger partial charge is 0.472 e. The molecule has 0 rings (SSSR count). The Morgan fingerprint density at radius 1 is 0.337 bits per heavy atom. The number of hydrogen-bond acceptors (Lipinski definition) is 5. The first-order valence-electron chi connectivity index (χ1n) is 40.9. The Bertz CT molecular complexity index is 1410. The van der Waals surface area contributed by atoms with Crippen LogP contribution in [0, 0.1) is 0 Å². The van der Waals surface area contributed by atoms with Crippen LogP contribution in [0.25, 0.3) is 0 Å². The Kier molecular flexibility index (Phi) is 71.4. The molecule has 89 heavy (non-hydrogen) atoms. The number of phosphoric acid groups is 1. The summed E-state index contributed by atoms with van der Waals surface area (Å²) in [7, 11) is 1.65. The summed E-state index contributed by atoms with van der Waals surface area (Å²) in [6.45, 7) is 4.98. The summed E-state index contributed by atoms with van der Waals surface area (Å²) in [6.07, 6.45) is 92.7. The molecule has 0 aliphatic carbocycles. The van der Waals surface area contributed by atoms with Gasteiger partial charge < -0.3 is 19.8 Å². The van der Waals surface area contributed by atoms with Crippen molar-refractivity contribution in [2.45, 2.75) is 469 Å². The number of unbranched alkanes of at least 4 members (excludes halogenated alkanes) is 65. The first-order valence-corrected chi connectivity index (χ1v) is 42.4. The fraction of sp³-hybridized carbons (Fsp3) is 0.988. The molecule has 0 radical (unpaired) electrons. The molecule has 8 nitrogen and oxygen atoms in total. The highest BCUT2D eigenvalue weighted by Gasteiger charge is 2.28. The number of quaternary nitrogens is 1. The number of nitrogens with one attached hydrogen (secondary N) is 1. The molecule has 1 amide bonds. The molecule has 0 saturated carbocycles. The molecule has 0 spiro atoms. The van der Waals surface area contributed by atoms with Crippen molar-refractivity contribution in [3.05, 3.63) is 0 Å². The molecule has 0 aromatic carbocycles. The number of carbonyl (C=O) groups excluding carboxylic acids is 1. The molecular weight excluding hydrogens is 1120 g/mol. The number of hydrogen-bond donors (Lipinski definition) is 3. The topological polar surface area (TPSA) is 105 Å². The van der Waals surface area contributed by atoms with Crippen molar-refractivity contribution in [3.63, 3.8) is 0 Å². The number of rotatable bonds is 78. The normalized spacial score (nSPS) is 13.4. The van der Waals surface area contributed by atoms with Crippen LogP contribution >= 0.6 is 7.82 Å². The number of aliphatic hydroxyl groups excluding tert-OH is 1. The molecule has 3 unspecified atom stereocenters. The Morgan fingerprint density at radius 3 is 0.753 bits per heavy atom. The molecule has 0 aromatic heterocycles. The summed E-state index contributed by atoms with van der Waals surface area (Å²) in [4.78, 5) is 23.5. The lowest BCUT2D eigenvalue weighted by Crippen LogP contribution is -2.46. The zero-order chi connectivity index (χ0) is 64.8. The fourth-order valence-electron chi connectivity index (χ4n) is 13.3. The van der Waals surface area contributed by atoms with Gasteiger partial charge in [0.05, 0.1) is 39.9 Å². The lowest BCUT2D eigenvalue weighted by molar-refractivity contribution is -0.870. The minimum Gasteiger partial charge on any atom is -0.391 e. The van der Waals surface area contributed by atoms with Gasteiger partial charge in [-0.3, -0.25) is 13.8 Å². The van der Waals surface area contributed by atoms with Crippen molar-refractivity contribution in [1.29, 1.82) is 0 Å². The van der Waals surface area contributed by atoms with Crippen LogP contribution in [-0.4, -0.2) is 73.4 Å². The van der Waals surface area contributed by atoms with Gasteiger partial charge in [-0.05, 0) is 12.8 Å². The summed E-state index contributed by atoms with van der Waals surface area (Å²) in [5.41, 5.74) is 0. The van der Waals surface area contributed by atoms with Crippen LogP contribution in [0.4, 0.5) is 0 Å². The average molecular weight is 1280 g/mol. The fourth-order valence-corrected chi connectivity index (χ4v) is 14.0. The standard InChI is InChI=1S/C80H163N2O6P/c1-6-8-10-12-14-16-18-20-22-24-26-28-30-32-34-36-38-39-40-41-42-43-44-46-48-50-52-54-56-58-60-62-64-66-68-70-72-74-80(84)81-78(77-88-89(85,86)87-76-75-82(3,4)5)79(83)73-71-69-67-65-63-61-59-57-55-53-51-49-47-45-37-35-33-31-29-27-25-23-21-19-17-15-13-11-9-7-2/h78-79,83H,6-77H2,1-5H3,(H-,81,84,85,86)/p+1. The maximum atomic E-state index is 13.1. The maximum Gasteiger partial charge on any atom is 0.472 e. The smallest absolute Gasteiger partial charge is 0.391 e. The second-order valence-corrected chi connectivity index (χ2v) is 31.3. The monoisotopic (exact) mass is 1280 g/mol. The zero-order valence-corrected chi connectivity index (χ0v) is 62.4. The number of likely N-dealkylation sites (N-methyl/N-ethyl adjacent to an activating group) is 1. The molecule has 0 heterocycles. The minimum absolute atomic E-state index is 0.0797. The Balaban J connectivity index is 3.87. The van der Waals surface area contributed by atoms with E-state index in [2.05, 4.69) is 19.2 Å². The third-order valence-corrected chi connectivity index (χ3v) is 20.6. The first-order chi connectivity index (χ1) is 43.5. The quantitative estimate of drug-likeness (QED) is 0.0318. The lowest BCUT2D eigenvalue weighted by atomic mass is 10.0. The third kappa shape index (κ3) is 74.8. The highest BCUT2D eigenvalue weighted by molar-refractivity contribution is 7.47. The van der Waals surface area contributed by atoms with Crippen LogP contribution in [0.1, 0.15) is 457 Å². The molecule has 0 aromatic rings. The highest BCUT2D eigenvalue weighted by Crippen LogP contribution is 2.43. The summed E-state index contributed by atoms with van der Waals surface area (Å²) in [5, 5.41) is 14.2. The molecule has 3 N–H and O–H groups in total. The molecule has 0 aliphatic heterocycles. The zero-order valence-electron chi connectivity index (χ0n) is 61.5. The summed E-state index contributed by atoms with van der Waals surface area (Å²) in [6, 6.07) is -0.758. The molecule has 3 atom stereocenters. The van der Waals surface area contributed by atoms with E-state index >= 15 is 0 Å². The van der Waals surface area contributed by atoms with Crippen LogP contribution in [0.3, 0.4) is 0 Å². The Morgan fingerprint density at radius 2 is 0.539 bits per heavy atom. The van der Waals surface area contributed by atoms with E-state index in [-0.39, 0.29) is 19.1 Å². The first kappa shape index (κ1) is 88.5. The minimum atomic E-state index is -4.33. The maximum absolute atomic E-state index is 13.1. The molecule has 0 saturated heterocycles. The predicted octanol–water partition coefficient (Wildman–Crippen LogP) is 26.6. The van der Waals surface area contributed by atoms with Gasteiger partial charge in [0, 0.05) is 6.42 Å². The van der Waals surface area contributed by atoms with Gasteiger partial charge in [-0.1, -0.05) is 438 Å². The van der Waals surface area contributed by atoms with Crippen LogP contribution in [0.2, 0.25) is 0 Å². The highest BCUT2D eigenvalue weighted by atomic mass is 31.2. The number of carbonyl (C=O) groups is 1. The SMILES string of the molecule is CCCCCCCCCCCCCCCCCCCCCCCCCCCCCCCCCCCCCCCC(=O)NC(COP(=O)(O)OCC[N+](C)(C)C)C(O)CCCCCCCCCCCCCCCCCCCCCCCCCCCCCCCC. The Hall–Kier alpha value is -0.500. The van der Waals surface area contributed by atoms with E-state index in [1.807, 2.05) is 21.1 Å². The van der Waals surface area contributed by atoms with Crippen molar-refractivity contribution in [1.82, 2.24) is 5.32 Å². The van der Waals surface area contributed by atoms with Gasteiger partial charge in [0.2, 0.25) is 5.91 Å². The van der Waals surface area contributed by atoms with Crippen LogP contribution in [-0.2, 0) is 18.4 Å². The number of nitrogens with zero attached hydrogens (tertiary/aromatic N) is 1. The van der Waals surface area contributed by atoms with E-state index < -0.39 is 20.0 Å². The van der Waals surface area contributed by atoms with E-state index in [1.54, 1.807) is 0 Å². The van der Waals surface area contributed by atoms with Crippen molar-refractivity contribution in [3.8, 4) is 0 Å². The molecular formula is C80H164N2O6P+. The lowest BCUT2D eigenvalue weighted by Gasteiger charge is -2.26. The van der Waals surface area contributed by atoms with Crippen molar-refractivity contribution < 1.29 is 32.9 Å². The average Bonchev–Trinajstić information content (AvgIpc) is 3.57. The van der Waals surface area contributed by atoms with Gasteiger partial charge in [0.1, 0.15) is 13.2 Å². The number of amides is 1. The number of phosphoric ester groups is 1. The number of aliphatic hydroxyl groups is 1. The van der Waals surface area contributed by atoms with Crippen LogP contribution < -0.4 is 5.32 Å². The third-order valence-electron chi connectivity index (χ3n) is 19.6. The summed E-state index contributed by atoms with van der Waals surface area (Å²) < 4.78 is 24.0. The second-order valence-electron chi connectivity index (χ2n) is 29.9. The van der Waals surface area contributed by atoms with Gasteiger partial charge >= 0.3 is 7.82 Å². The van der Waals surface area contributed by atoms with E-state index in [0.717, 1.165) is 38.5 Å². The molecule has 9 heteroatoms. The van der Waals surface area contributed by atoms with Gasteiger partial charge in [-0.2, -0.15) is 0 Å².